The molecule has 2 rings (SSSR count). The van der Waals surface area contributed by atoms with Gasteiger partial charge in [-0.2, -0.15) is 0 Å². The van der Waals surface area contributed by atoms with E-state index in [2.05, 4.69) is 33.0 Å². The smallest absolute Gasteiger partial charge is 0.0810 e. The van der Waals surface area contributed by atoms with E-state index in [4.69, 9.17) is 4.74 Å². The quantitative estimate of drug-likeness (QED) is 0.761. The second-order valence-electron chi connectivity index (χ2n) is 7.96. The van der Waals surface area contributed by atoms with Crippen molar-refractivity contribution in [2.24, 2.45) is 17.8 Å². The van der Waals surface area contributed by atoms with E-state index in [0.29, 0.717) is 6.10 Å². The first kappa shape index (κ1) is 17.3. The third kappa shape index (κ3) is 4.69. The number of ether oxygens (including phenoxy) is 1. The van der Waals surface area contributed by atoms with Crippen LogP contribution in [0.5, 0.6) is 0 Å². The van der Waals surface area contributed by atoms with Gasteiger partial charge in [0.25, 0.3) is 0 Å². The van der Waals surface area contributed by atoms with Gasteiger partial charge in [-0.25, -0.2) is 0 Å². The molecule has 2 fully saturated rings. The average molecular weight is 296 g/mol. The Morgan fingerprint density at radius 3 is 2.33 bits per heavy atom. The standard InChI is InChI=1S/C19H37NO/c1-5-20-14-19(12-10-17(11-13-19)15(2)3)21-18-9-7-6-8-16(18)4/h15-18,20H,5-14H2,1-4H3. The van der Waals surface area contributed by atoms with Crippen molar-refractivity contribution < 1.29 is 4.74 Å². The number of hydrogen-bond donors (Lipinski definition) is 1. The van der Waals surface area contributed by atoms with Gasteiger partial charge in [-0.05, 0) is 62.8 Å². The van der Waals surface area contributed by atoms with Crippen LogP contribution in [0.15, 0.2) is 0 Å². The molecule has 0 radical (unpaired) electrons. The topological polar surface area (TPSA) is 21.3 Å². The Balaban J connectivity index is 1.97. The highest BCUT2D eigenvalue weighted by Crippen LogP contribution is 2.40. The monoisotopic (exact) mass is 295 g/mol. The summed E-state index contributed by atoms with van der Waals surface area (Å²) in [5.41, 5.74) is 0.123. The van der Waals surface area contributed by atoms with Crippen LogP contribution in [0.3, 0.4) is 0 Å². The highest BCUT2D eigenvalue weighted by Gasteiger charge is 2.39. The Morgan fingerprint density at radius 2 is 1.76 bits per heavy atom. The molecule has 0 amide bonds. The largest absolute Gasteiger partial charge is 0.370 e. The fourth-order valence-corrected chi connectivity index (χ4v) is 4.30. The SMILES string of the molecule is CCNCC1(OC2CCCCC2C)CCC(C(C)C)CC1. The predicted molar refractivity (Wildman–Crippen MR) is 90.6 cm³/mol. The molecular formula is C19H37NO. The Kier molecular flexibility index (Phi) is 6.55. The lowest BCUT2D eigenvalue weighted by atomic mass is 9.74. The van der Waals surface area contributed by atoms with Crippen molar-refractivity contribution in [3.05, 3.63) is 0 Å². The molecular weight excluding hydrogens is 258 g/mol. The van der Waals surface area contributed by atoms with E-state index in [9.17, 15) is 0 Å². The molecule has 124 valence electrons. The molecule has 0 aliphatic heterocycles. The van der Waals surface area contributed by atoms with Gasteiger partial charge in [-0.15, -0.1) is 0 Å². The van der Waals surface area contributed by atoms with Crippen LogP contribution < -0.4 is 5.32 Å². The van der Waals surface area contributed by atoms with Gasteiger partial charge in [-0.1, -0.05) is 40.5 Å². The molecule has 0 heterocycles. The summed E-state index contributed by atoms with van der Waals surface area (Å²) in [7, 11) is 0. The first-order chi connectivity index (χ1) is 10.1. The zero-order chi connectivity index (χ0) is 15.3. The fraction of sp³-hybridized carbons (Fsp3) is 1.00. The number of hydrogen-bond acceptors (Lipinski definition) is 2. The minimum atomic E-state index is 0.123. The van der Waals surface area contributed by atoms with Gasteiger partial charge in [0.2, 0.25) is 0 Å². The van der Waals surface area contributed by atoms with E-state index in [1.54, 1.807) is 0 Å². The first-order valence-electron chi connectivity index (χ1n) is 9.45. The molecule has 2 unspecified atom stereocenters. The highest BCUT2D eigenvalue weighted by molar-refractivity contribution is 4.92. The van der Waals surface area contributed by atoms with Crippen molar-refractivity contribution in [2.75, 3.05) is 13.1 Å². The lowest BCUT2D eigenvalue weighted by Gasteiger charge is -2.45. The van der Waals surface area contributed by atoms with Gasteiger partial charge >= 0.3 is 0 Å². The van der Waals surface area contributed by atoms with E-state index in [1.807, 2.05) is 0 Å². The second kappa shape index (κ2) is 7.97. The van der Waals surface area contributed by atoms with Crippen LogP contribution in [0.25, 0.3) is 0 Å². The van der Waals surface area contributed by atoms with Crippen molar-refractivity contribution in [1.82, 2.24) is 5.32 Å². The number of rotatable bonds is 6. The van der Waals surface area contributed by atoms with Gasteiger partial charge in [0.05, 0.1) is 11.7 Å². The lowest BCUT2D eigenvalue weighted by Crippen LogP contribution is -2.49. The van der Waals surface area contributed by atoms with Crippen molar-refractivity contribution in [3.63, 3.8) is 0 Å². The van der Waals surface area contributed by atoms with Gasteiger partial charge < -0.3 is 10.1 Å². The second-order valence-corrected chi connectivity index (χ2v) is 7.96. The molecule has 2 saturated carbocycles. The summed E-state index contributed by atoms with van der Waals surface area (Å²) in [6, 6.07) is 0. The summed E-state index contributed by atoms with van der Waals surface area (Å²) in [4.78, 5) is 0. The van der Waals surface area contributed by atoms with Gasteiger partial charge in [0.1, 0.15) is 0 Å². The molecule has 0 aromatic heterocycles. The molecule has 0 spiro atoms. The summed E-state index contributed by atoms with van der Waals surface area (Å²) >= 11 is 0. The Morgan fingerprint density at radius 1 is 1.10 bits per heavy atom. The third-order valence-electron chi connectivity index (χ3n) is 6.02. The summed E-state index contributed by atoms with van der Waals surface area (Å²) in [5.74, 6) is 2.49. The normalized spacial score (nSPS) is 37.9. The first-order valence-corrected chi connectivity index (χ1v) is 9.45. The van der Waals surface area contributed by atoms with Crippen LogP contribution in [0.1, 0.15) is 79.1 Å². The molecule has 1 N–H and O–H groups in total. The Labute approximate surface area is 132 Å². The van der Waals surface area contributed by atoms with Crippen molar-refractivity contribution in [2.45, 2.75) is 90.8 Å². The van der Waals surface area contributed by atoms with E-state index in [-0.39, 0.29) is 5.60 Å². The zero-order valence-electron chi connectivity index (χ0n) is 14.8. The van der Waals surface area contributed by atoms with E-state index in [0.717, 1.165) is 30.8 Å². The summed E-state index contributed by atoms with van der Waals surface area (Å²) < 4.78 is 6.80. The van der Waals surface area contributed by atoms with E-state index in [1.165, 1.54) is 51.4 Å². The Bertz CT molecular complexity index is 294. The van der Waals surface area contributed by atoms with Crippen LogP contribution in [-0.4, -0.2) is 24.8 Å². The van der Waals surface area contributed by atoms with Crippen molar-refractivity contribution >= 4 is 0 Å². The van der Waals surface area contributed by atoms with Crippen molar-refractivity contribution in [3.8, 4) is 0 Å². The third-order valence-corrected chi connectivity index (χ3v) is 6.02. The Hall–Kier alpha value is -0.0800. The van der Waals surface area contributed by atoms with Gasteiger partial charge in [0.15, 0.2) is 0 Å². The lowest BCUT2D eigenvalue weighted by molar-refractivity contribution is -0.144. The van der Waals surface area contributed by atoms with Crippen LogP contribution >= 0.6 is 0 Å². The maximum Gasteiger partial charge on any atom is 0.0810 e. The highest BCUT2D eigenvalue weighted by atomic mass is 16.5. The maximum absolute atomic E-state index is 6.80. The molecule has 21 heavy (non-hydrogen) atoms. The molecule has 0 aromatic rings. The maximum atomic E-state index is 6.80. The van der Waals surface area contributed by atoms with Crippen LogP contribution in [0.2, 0.25) is 0 Å². The summed E-state index contributed by atoms with van der Waals surface area (Å²) in [5, 5.41) is 3.58. The fourth-order valence-electron chi connectivity index (χ4n) is 4.30. The predicted octanol–water partition coefficient (Wildman–Crippen LogP) is 4.78. The van der Waals surface area contributed by atoms with Gasteiger partial charge in [-0.3, -0.25) is 0 Å². The molecule has 2 atom stereocenters. The molecule has 0 aromatic carbocycles. The average Bonchev–Trinajstić information content (AvgIpc) is 2.48. The van der Waals surface area contributed by atoms with Crippen LogP contribution in [0.4, 0.5) is 0 Å². The summed E-state index contributed by atoms with van der Waals surface area (Å²) in [6.07, 6.45) is 11.1. The number of likely N-dealkylation sites (N-methyl/N-ethyl adjacent to an activating group) is 1. The molecule has 2 nitrogen and oxygen atoms in total. The minimum Gasteiger partial charge on any atom is -0.370 e. The van der Waals surface area contributed by atoms with E-state index < -0.39 is 0 Å². The van der Waals surface area contributed by atoms with Crippen molar-refractivity contribution in [1.29, 1.82) is 0 Å². The number of nitrogens with one attached hydrogen (secondary N) is 1. The van der Waals surface area contributed by atoms with Gasteiger partial charge in [0, 0.05) is 6.54 Å². The molecule has 0 saturated heterocycles. The minimum absolute atomic E-state index is 0.123. The molecule has 0 bridgehead atoms. The van der Waals surface area contributed by atoms with Crippen LogP contribution in [-0.2, 0) is 4.74 Å². The molecule has 2 aliphatic carbocycles. The molecule has 2 heteroatoms. The van der Waals surface area contributed by atoms with E-state index >= 15 is 0 Å². The summed E-state index contributed by atoms with van der Waals surface area (Å²) in [6.45, 7) is 11.5. The molecule has 2 aliphatic rings. The van der Waals surface area contributed by atoms with Crippen LogP contribution in [0, 0.1) is 17.8 Å². The zero-order valence-corrected chi connectivity index (χ0v) is 14.8.